The highest BCUT2D eigenvalue weighted by Gasteiger charge is 2.16. The number of halogens is 1. The molecule has 3 aromatic rings. The van der Waals surface area contributed by atoms with Gasteiger partial charge in [0.15, 0.2) is 0 Å². The van der Waals surface area contributed by atoms with E-state index in [1.54, 1.807) is 12.1 Å². The fourth-order valence-corrected chi connectivity index (χ4v) is 3.39. The number of amides is 1. The van der Waals surface area contributed by atoms with Crippen molar-refractivity contribution in [1.29, 1.82) is 0 Å². The van der Waals surface area contributed by atoms with Crippen LogP contribution in [-0.4, -0.2) is 12.1 Å². The molecule has 0 aliphatic rings. The molecule has 2 aromatic heterocycles. The standard InChI is InChI=1S/C15H11ClN2O2S/c1-9-4-5-11-12(7-9)21-14(13(11)16)15(19)18-17-8-10-3-2-6-20-10/h2-8H,1H3,(H,18,19). The van der Waals surface area contributed by atoms with Gasteiger partial charge in [-0.2, -0.15) is 5.10 Å². The summed E-state index contributed by atoms with van der Waals surface area (Å²) in [6, 6.07) is 9.39. The Morgan fingerprint density at radius 3 is 3.05 bits per heavy atom. The molecule has 0 spiro atoms. The van der Waals surface area contributed by atoms with Crippen LogP contribution in [0.1, 0.15) is 21.0 Å². The lowest BCUT2D eigenvalue weighted by molar-refractivity contribution is 0.0959. The van der Waals surface area contributed by atoms with Gasteiger partial charge in [0.2, 0.25) is 0 Å². The van der Waals surface area contributed by atoms with Gasteiger partial charge >= 0.3 is 0 Å². The van der Waals surface area contributed by atoms with Crippen LogP contribution in [0.2, 0.25) is 5.02 Å². The SMILES string of the molecule is Cc1ccc2c(Cl)c(C(=O)NN=Cc3ccco3)sc2c1. The van der Waals surface area contributed by atoms with E-state index >= 15 is 0 Å². The van der Waals surface area contributed by atoms with Gasteiger partial charge in [0, 0.05) is 10.1 Å². The first-order valence-corrected chi connectivity index (χ1v) is 7.40. The van der Waals surface area contributed by atoms with Crippen molar-refractivity contribution in [2.45, 2.75) is 6.92 Å². The summed E-state index contributed by atoms with van der Waals surface area (Å²) in [6.45, 7) is 2.00. The van der Waals surface area contributed by atoms with Crippen molar-refractivity contribution in [3.8, 4) is 0 Å². The lowest BCUT2D eigenvalue weighted by atomic mass is 10.2. The van der Waals surface area contributed by atoms with Crippen LogP contribution in [0, 0.1) is 6.92 Å². The molecule has 0 saturated carbocycles. The summed E-state index contributed by atoms with van der Waals surface area (Å²) in [4.78, 5) is 12.6. The van der Waals surface area contributed by atoms with Crippen LogP contribution < -0.4 is 5.43 Å². The molecule has 0 radical (unpaired) electrons. The Kier molecular flexibility index (Phi) is 3.77. The van der Waals surface area contributed by atoms with Gasteiger partial charge in [-0.25, -0.2) is 5.43 Å². The summed E-state index contributed by atoms with van der Waals surface area (Å²) in [5, 5.41) is 5.19. The van der Waals surface area contributed by atoms with E-state index in [2.05, 4.69) is 10.5 Å². The van der Waals surface area contributed by atoms with Crippen LogP contribution in [0.4, 0.5) is 0 Å². The first-order valence-electron chi connectivity index (χ1n) is 6.21. The predicted molar refractivity (Wildman–Crippen MR) is 85.3 cm³/mol. The Morgan fingerprint density at radius 2 is 2.29 bits per heavy atom. The second kappa shape index (κ2) is 5.71. The second-order valence-corrected chi connectivity index (χ2v) is 5.89. The summed E-state index contributed by atoms with van der Waals surface area (Å²) in [6.07, 6.45) is 2.97. The number of hydrogen-bond acceptors (Lipinski definition) is 4. The van der Waals surface area contributed by atoms with Crippen LogP contribution in [0.25, 0.3) is 10.1 Å². The molecule has 3 rings (SSSR count). The van der Waals surface area contributed by atoms with Crippen molar-refractivity contribution in [1.82, 2.24) is 5.43 Å². The summed E-state index contributed by atoms with van der Waals surface area (Å²) >= 11 is 7.61. The third-order valence-corrected chi connectivity index (χ3v) is 4.55. The number of thiophene rings is 1. The van der Waals surface area contributed by atoms with E-state index in [1.807, 2.05) is 25.1 Å². The lowest BCUT2D eigenvalue weighted by Gasteiger charge is -1.96. The Hall–Kier alpha value is -2.11. The highest BCUT2D eigenvalue weighted by Crippen LogP contribution is 2.35. The molecule has 0 atom stereocenters. The molecule has 1 aromatic carbocycles. The van der Waals surface area contributed by atoms with Crippen molar-refractivity contribution in [2.75, 3.05) is 0 Å². The average Bonchev–Trinajstić information content (AvgIpc) is 3.07. The third kappa shape index (κ3) is 2.84. The van der Waals surface area contributed by atoms with E-state index in [-0.39, 0.29) is 5.91 Å². The van der Waals surface area contributed by atoms with Crippen molar-refractivity contribution in [2.24, 2.45) is 5.10 Å². The van der Waals surface area contributed by atoms with Crippen LogP contribution in [0.15, 0.2) is 46.1 Å². The van der Waals surface area contributed by atoms with Crippen molar-refractivity contribution in [3.05, 3.63) is 57.8 Å². The topological polar surface area (TPSA) is 54.6 Å². The smallest absolute Gasteiger partial charge is 0.283 e. The molecule has 106 valence electrons. The Balaban J connectivity index is 1.83. The van der Waals surface area contributed by atoms with E-state index in [1.165, 1.54) is 23.8 Å². The first kappa shape index (κ1) is 13.9. The maximum atomic E-state index is 12.1. The lowest BCUT2D eigenvalue weighted by Crippen LogP contribution is -2.16. The van der Waals surface area contributed by atoms with Crippen LogP contribution in [-0.2, 0) is 0 Å². The molecule has 1 amide bonds. The Labute approximate surface area is 130 Å². The Bertz CT molecular complexity index is 822. The number of fused-ring (bicyclic) bond motifs is 1. The van der Waals surface area contributed by atoms with Crippen molar-refractivity contribution >= 4 is 45.1 Å². The summed E-state index contributed by atoms with van der Waals surface area (Å²) in [7, 11) is 0. The molecule has 2 heterocycles. The van der Waals surface area contributed by atoms with Crippen LogP contribution >= 0.6 is 22.9 Å². The van der Waals surface area contributed by atoms with Gasteiger partial charge in [0.05, 0.1) is 17.5 Å². The minimum atomic E-state index is -0.332. The number of furan rings is 1. The zero-order valence-corrected chi connectivity index (χ0v) is 12.7. The monoisotopic (exact) mass is 318 g/mol. The molecule has 0 unspecified atom stereocenters. The summed E-state index contributed by atoms with van der Waals surface area (Å²) < 4.78 is 6.07. The quantitative estimate of drug-likeness (QED) is 0.580. The molecule has 0 aliphatic carbocycles. The number of benzene rings is 1. The number of hydrogen-bond donors (Lipinski definition) is 1. The second-order valence-electron chi connectivity index (χ2n) is 4.46. The van der Waals surface area contributed by atoms with Gasteiger partial charge in [-0.15, -0.1) is 11.3 Å². The molecule has 1 N–H and O–H groups in total. The summed E-state index contributed by atoms with van der Waals surface area (Å²) in [5.41, 5.74) is 3.58. The van der Waals surface area contributed by atoms with E-state index in [0.29, 0.717) is 15.7 Å². The minimum absolute atomic E-state index is 0.332. The van der Waals surface area contributed by atoms with Gasteiger partial charge in [0.25, 0.3) is 5.91 Å². The molecular formula is C15H11ClN2O2S. The molecule has 4 nitrogen and oxygen atoms in total. The van der Waals surface area contributed by atoms with Crippen molar-refractivity contribution < 1.29 is 9.21 Å². The fourth-order valence-electron chi connectivity index (χ4n) is 1.89. The third-order valence-electron chi connectivity index (χ3n) is 2.89. The molecular weight excluding hydrogens is 308 g/mol. The largest absolute Gasteiger partial charge is 0.463 e. The number of rotatable bonds is 3. The van der Waals surface area contributed by atoms with Gasteiger partial charge < -0.3 is 4.42 Å². The molecule has 0 fully saturated rings. The number of nitrogens with one attached hydrogen (secondary N) is 1. The number of carbonyl (C=O) groups excluding carboxylic acids is 1. The maximum Gasteiger partial charge on any atom is 0.283 e. The Morgan fingerprint density at radius 1 is 1.43 bits per heavy atom. The summed E-state index contributed by atoms with van der Waals surface area (Å²) in [5.74, 6) is 0.232. The minimum Gasteiger partial charge on any atom is -0.463 e. The van der Waals surface area contributed by atoms with Crippen molar-refractivity contribution in [3.63, 3.8) is 0 Å². The van der Waals surface area contributed by atoms with Gasteiger partial charge in [-0.1, -0.05) is 23.7 Å². The molecule has 0 bridgehead atoms. The zero-order chi connectivity index (χ0) is 14.8. The van der Waals surface area contributed by atoms with Gasteiger partial charge in [-0.3, -0.25) is 4.79 Å². The van der Waals surface area contributed by atoms with Gasteiger partial charge in [-0.05, 0) is 30.7 Å². The number of hydrazone groups is 1. The zero-order valence-electron chi connectivity index (χ0n) is 11.1. The van der Waals surface area contributed by atoms with Gasteiger partial charge in [0.1, 0.15) is 10.6 Å². The van der Waals surface area contributed by atoms with E-state index in [0.717, 1.165) is 15.6 Å². The van der Waals surface area contributed by atoms with Crippen LogP contribution in [0.5, 0.6) is 0 Å². The fraction of sp³-hybridized carbons (Fsp3) is 0.0667. The van der Waals surface area contributed by atoms with E-state index in [4.69, 9.17) is 16.0 Å². The molecule has 21 heavy (non-hydrogen) atoms. The van der Waals surface area contributed by atoms with E-state index in [9.17, 15) is 4.79 Å². The highest BCUT2D eigenvalue weighted by molar-refractivity contribution is 7.21. The average molecular weight is 319 g/mol. The maximum absolute atomic E-state index is 12.1. The molecule has 0 aliphatic heterocycles. The normalized spacial score (nSPS) is 11.3. The highest BCUT2D eigenvalue weighted by atomic mass is 35.5. The van der Waals surface area contributed by atoms with Crippen LogP contribution in [0.3, 0.4) is 0 Å². The predicted octanol–water partition coefficient (Wildman–Crippen LogP) is 4.22. The number of carbonyl (C=O) groups is 1. The first-order chi connectivity index (χ1) is 10.1. The van der Waals surface area contributed by atoms with E-state index < -0.39 is 0 Å². The number of nitrogens with zero attached hydrogens (tertiary/aromatic N) is 1. The number of aryl methyl sites for hydroxylation is 1. The molecule has 0 saturated heterocycles. The molecule has 6 heteroatoms.